The van der Waals surface area contributed by atoms with Crippen LogP contribution in [0.1, 0.15) is 72.5 Å². The van der Waals surface area contributed by atoms with Gasteiger partial charge in [-0.05, 0) is 67.1 Å². The Balaban J connectivity index is 1.14. The number of carbonyl (C=O) groups excluding carboxylic acids is 2. The Hall–Kier alpha value is -6.41. The Kier molecular flexibility index (Phi) is 10.5. The third-order valence-electron chi connectivity index (χ3n) is 11.9. The van der Waals surface area contributed by atoms with E-state index in [1.165, 1.54) is 0 Å². The first kappa shape index (κ1) is 37.5. The molecule has 1 aliphatic rings. The molecule has 1 fully saturated rings. The van der Waals surface area contributed by atoms with Crippen molar-refractivity contribution < 1.29 is 9.59 Å². The number of H-pyrrole nitrogens is 1. The van der Waals surface area contributed by atoms with Crippen molar-refractivity contribution in [1.29, 1.82) is 0 Å². The van der Waals surface area contributed by atoms with Gasteiger partial charge in [0.1, 0.15) is 11.1 Å². The van der Waals surface area contributed by atoms with E-state index >= 15 is 0 Å². The number of rotatable bonds is 12. The lowest BCUT2D eigenvalue weighted by Gasteiger charge is -2.39. The van der Waals surface area contributed by atoms with Gasteiger partial charge in [-0.25, -0.2) is 9.78 Å². The predicted octanol–water partition coefficient (Wildman–Crippen LogP) is 9.65. The second-order valence-electron chi connectivity index (χ2n) is 15.8. The number of para-hydroxylation sites is 1. The second kappa shape index (κ2) is 16.0. The van der Waals surface area contributed by atoms with E-state index in [1.807, 2.05) is 74.9 Å². The molecule has 288 valence electrons. The number of fused-ring (bicyclic) bond motifs is 1. The highest BCUT2D eigenvalue weighted by molar-refractivity contribution is 5.96. The van der Waals surface area contributed by atoms with Crippen molar-refractivity contribution in [2.75, 3.05) is 11.9 Å². The van der Waals surface area contributed by atoms with Gasteiger partial charge in [0.15, 0.2) is 0 Å². The third-order valence-corrected chi connectivity index (χ3v) is 11.9. The molecule has 1 atom stereocenters. The van der Waals surface area contributed by atoms with E-state index in [0.29, 0.717) is 18.7 Å². The molecule has 8 heteroatoms. The fraction of sp³-hybridized carbons (Fsp3) is 0.245. The highest BCUT2D eigenvalue weighted by Gasteiger charge is 2.43. The molecule has 8 nitrogen and oxygen atoms in total. The molecule has 2 heterocycles. The number of hydrogen-bond acceptors (Lipinski definition) is 3. The number of hydrogen-bond donors (Lipinski definition) is 4. The van der Waals surface area contributed by atoms with Crippen LogP contribution in [0.4, 0.5) is 10.5 Å². The molecule has 0 bridgehead atoms. The topological polar surface area (TPSA) is 104 Å². The maximum Gasteiger partial charge on any atom is 0.320 e. The van der Waals surface area contributed by atoms with Crippen LogP contribution >= 0.6 is 0 Å². The van der Waals surface area contributed by atoms with E-state index < -0.39 is 22.5 Å². The molecule has 4 N–H and O–H groups in total. The molecule has 3 amide bonds. The minimum Gasteiger partial charge on any atom is -0.361 e. The highest BCUT2D eigenvalue weighted by Crippen LogP contribution is 2.44. The van der Waals surface area contributed by atoms with Gasteiger partial charge in [0.25, 0.3) is 0 Å². The summed E-state index contributed by atoms with van der Waals surface area (Å²) in [4.78, 5) is 36.9. The van der Waals surface area contributed by atoms with Crippen molar-refractivity contribution in [2.24, 2.45) is 0 Å². The zero-order valence-electron chi connectivity index (χ0n) is 32.7. The Morgan fingerprint density at radius 1 is 0.754 bits per heavy atom. The molecule has 1 aliphatic carbocycles. The lowest BCUT2D eigenvalue weighted by atomic mass is 9.71. The molecule has 0 saturated heterocycles. The van der Waals surface area contributed by atoms with Gasteiger partial charge in [0, 0.05) is 47.4 Å². The molecule has 1 unspecified atom stereocenters. The summed E-state index contributed by atoms with van der Waals surface area (Å²) in [6, 6.07) is 47.0. The molecule has 0 aliphatic heterocycles. The molecular formula is C49H50N6O2. The van der Waals surface area contributed by atoms with Crippen LogP contribution in [0.25, 0.3) is 10.9 Å². The summed E-state index contributed by atoms with van der Waals surface area (Å²) in [6.45, 7) is 4.21. The van der Waals surface area contributed by atoms with E-state index in [-0.39, 0.29) is 5.91 Å². The summed E-state index contributed by atoms with van der Waals surface area (Å²) in [5.74, 6) is -0.247. The summed E-state index contributed by atoms with van der Waals surface area (Å²) in [5.41, 5.74) is 5.63. The average Bonchev–Trinajstić information content (AvgIpc) is 3.91. The Bertz CT molecular complexity index is 2340. The van der Waals surface area contributed by atoms with E-state index in [0.717, 1.165) is 76.5 Å². The van der Waals surface area contributed by atoms with Crippen molar-refractivity contribution in [3.8, 4) is 0 Å². The molecule has 0 radical (unpaired) electrons. The number of aromatic amines is 1. The number of carbonyl (C=O) groups is 2. The van der Waals surface area contributed by atoms with Gasteiger partial charge in [0.2, 0.25) is 5.91 Å². The molecule has 5 aromatic carbocycles. The number of nitrogens with one attached hydrogen (secondary N) is 4. The Labute approximate surface area is 334 Å². The average molecular weight is 755 g/mol. The van der Waals surface area contributed by atoms with Gasteiger partial charge in [-0.15, -0.1) is 0 Å². The number of imidazole rings is 1. The van der Waals surface area contributed by atoms with Crippen LogP contribution in [0, 0.1) is 6.92 Å². The minimum atomic E-state index is -1.28. The first-order valence-electron chi connectivity index (χ1n) is 20.0. The van der Waals surface area contributed by atoms with Crippen LogP contribution in [0.3, 0.4) is 0 Å². The fourth-order valence-corrected chi connectivity index (χ4v) is 8.85. The minimum absolute atomic E-state index is 0.247. The Morgan fingerprint density at radius 2 is 1.33 bits per heavy atom. The zero-order chi connectivity index (χ0) is 39.3. The maximum atomic E-state index is 14.7. The first-order chi connectivity index (χ1) is 27.8. The summed E-state index contributed by atoms with van der Waals surface area (Å²) in [6.07, 6.45) is 11.4. The number of aryl methyl sites for hydroxylation is 1. The molecule has 7 aromatic rings. The molecular weight excluding hydrogens is 705 g/mol. The number of urea groups is 1. The van der Waals surface area contributed by atoms with Crippen LogP contribution in [0.2, 0.25) is 0 Å². The standard InChI is InChI=1S/C49H50N6O2/c1-36-25-27-41(28-26-36)53-46(57)54-47(2,31-37-32-50-43-24-14-13-23-42(37)43)45(56)51-34-48(29-15-6-16-30-48)44-33-55(35-52-44)49(38-17-7-3-8-18-38,39-19-9-4-10-20-39)40-21-11-5-12-22-40/h3-5,7-14,17-28,32-33,35,50H,6,15-16,29-31,34H2,1-2H3,(H,51,56)(H2,53,54,57). The zero-order valence-corrected chi connectivity index (χ0v) is 32.7. The van der Waals surface area contributed by atoms with Crippen LogP contribution < -0.4 is 16.0 Å². The smallest absolute Gasteiger partial charge is 0.320 e. The summed E-state index contributed by atoms with van der Waals surface area (Å²) >= 11 is 0. The van der Waals surface area contributed by atoms with Crippen LogP contribution in [0.15, 0.2) is 158 Å². The number of benzene rings is 5. The quantitative estimate of drug-likeness (QED) is 0.0935. The van der Waals surface area contributed by atoms with Gasteiger partial charge in [0.05, 0.1) is 12.0 Å². The molecule has 2 aromatic heterocycles. The highest BCUT2D eigenvalue weighted by atomic mass is 16.2. The number of anilines is 1. The SMILES string of the molecule is Cc1ccc(NC(=O)NC(C)(Cc2c[nH]c3ccccc23)C(=O)NCC2(c3cn(C(c4ccccc4)(c4ccccc4)c4ccccc4)cn3)CCCCC2)cc1. The molecule has 8 rings (SSSR count). The Morgan fingerprint density at radius 3 is 1.95 bits per heavy atom. The van der Waals surface area contributed by atoms with Gasteiger partial charge in [-0.1, -0.05) is 146 Å². The van der Waals surface area contributed by atoms with E-state index in [1.54, 1.807) is 0 Å². The predicted molar refractivity (Wildman–Crippen MR) is 228 cm³/mol. The van der Waals surface area contributed by atoms with Gasteiger partial charge in [-0.3, -0.25) is 4.79 Å². The van der Waals surface area contributed by atoms with E-state index in [4.69, 9.17) is 4.98 Å². The van der Waals surface area contributed by atoms with Crippen molar-refractivity contribution >= 4 is 28.5 Å². The first-order valence-corrected chi connectivity index (χ1v) is 20.0. The lowest BCUT2D eigenvalue weighted by molar-refractivity contribution is -0.127. The fourth-order valence-electron chi connectivity index (χ4n) is 8.85. The van der Waals surface area contributed by atoms with E-state index in [2.05, 4.69) is 123 Å². The van der Waals surface area contributed by atoms with Crippen LogP contribution in [-0.2, 0) is 22.2 Å². The third kappa shape index (κ3) is 7.47. The maximum absolute atomic E-state index is 14.7. The normalized spacial score (nSPS) is 15.1. The van der Waals surface area contributed by atoms with Gasteiger partial charge >= 0.3 is 6.03 Å². The van der Waals surface area contributed by atoms with Crippen LogP contribution in [0.5, 0.6) is 0 Å². The molecule has 0 spiro atoms. The summed E-state index contributed by atoms with van der Waals surface area (Å²) in [7, 11) is 0. The number of nitrogens with zero attached hydrogens (tertiary/aromatic N) is 2. The van der Waals surface area contributed by atoms with Crippen LogP contribution in [-0.4, -0.2) is 38.6 Å². The number of amides is 3. The van der Waals surface area contributed by atoms with Crippen molar-refractivity contribution in [2.45, 2.75) is 68.9 Å². The number of aromatic nitrogens is 3. The van der Waals surface area contributed by atoms with Crippen molar-refractivity contribution in [3.05, 3.63) is 192 Å². The monoisotopic (exact) mass is 754 g/mol. The summed E-state index contributed by atoms with van der Waals surface area (Å²) < 4.78 is 2.26. The lowest BCUT2D eigenvalue weighted by Crippen LogP contribution is -2.60. The van der Waals surface area contributed by atoms with E-state index in [9.17, 15) is 9.59 Å². The van der Waals surface area contributed by atoms with Gasteiger partial charge in [-0.2, -0.15) is 0 Å². The van der Waals surface area contributed by atoms with Gasteiger partial charge < -0.3 is 25.5 Å². The second-order valence-corrected chi connectivity index (χ2v) is 15.8. The van der Waals surface area contributed by atoms with Crippen molar-refractivity contribution in [1.82, 2.24) is 25.2 Å². The summed E-state index contributed by atoms with van der Waals surface area (Å²) in [5, 5.41) is 10.4. The largest absolute Gasteiger partial charge is 0.361 e. The molecule has 57 heavy (non-hydrogen) atoms. The molecule has 1 saturated carbocycles. The van der Waals surface area contributed by atoms with Crippen molar-refractivity contribution in [3.63, 3.8) is 0 Å².